The third-order valence-electron chi connectivity index (χ3n) is 4.08. The van der Waals surface area contributed by atoms with Gasteiger partial charge in [-0.3, -0.25) is 0 Å². The summed E-state index contributed by atoms with van der Waals surface area (Å²) in [7, 11) is 1.58. The van der Waals surface area contributed by atoms with E-state index < -0.39 is 0 Å². The average molecular weight is 378 g/mol. The van der Waals surface area contributed by atoms with Gasteiger partial charge in [0, 0.05) is 25.0 Å². The Morgan fingerprint density at radius 1 is 0.821 bits per heavy atom. The van der Waals surface area contributed by atoms with Gasteiger partial charge in [-0.2, -0.15) is 9.97 Å². The van der Waals surface area contributed by atoms with E-state index in [-0.39, 0.29) is 0 Å². The largest absolute Gasteiger partial charge is 0.493 e. The minimum atomic E-state index is 0.391. The van der Waals surface area contributed by atoms with Crippen LogP contribution in [0.1, 0.15) is 17.3 Å². The first-order chi connectivity index (χ1) is 13.6. The Labute approximate surface area is 161 Å². The molecule has 0 amide bonds. The smallest absolute Gasteiger partial charge is 0.223 e. The molecule has 2 heterocycles. The van der Waals surface area contributed by atoms with Crippen LogP contribution in [-0.2, 0) is 6.61 Å². The van der Waals surface area contributed by atoms with Crippen molar-refractivity contribution in [3.05, 3.63) is 59.8 Å². The maximum atomic E-state index is 6.00. The zero-order chi connectivity index (χ0) is 19.5. The van der Waals surface area contributed by atoms with E-state index in [1.54, 1.807) is 33.1 Å². The highest BCUT2D eigenvalue weighted by Gasteiger charge is 2.21. The molecule has 2 aromatic carbocycles. The van der Waals surface area contributed by atoms with Crippen molar-refractivity contribution in [2.45, 2.75) is 20.5 Å². The van der Waals surface area contributed by atoms with Crippen LogP contribution in [0.25, 0.3) is 22.8 Å². The van der Waals surface area contributed by atoms with E-state index in [1.807, 2.05) is 30.3 Å². The number of aryl methyl sites for hydroxylation is 2. The third kappa shape index (κ3) is 3.57. The summed E-state index contributed by atoms with van der Waals surface area (Å²) in [5.41, 5.74) is 2.35. The fraction of sp³-hybridized carbons (Fsp3) is 0.200. The standard InChI is InChI=1S/C20H18N4O4/c1-12-21-19(23-27-12)15-9-17(25-3)18(26-11-14-7-5-4-6-8-14)10-16(15)20-22-13(2)28-24-20/h4-10H,11H2,1-3H3. The van der Waals surface area contributed by atoms with Crippen molar-refractivity contribution >= 4 is 0 Å². The van der Waals surface area contributed by atoms with Gasteiger partial charge in [-0.25, -0.2) is 0 Å². The first-order valence-electron chi connectivity index (χ1n) is 8.64. The highest BCUT2D eigenvalue weighted by Crippen LogP contribution is 2.39. The number of ether oxygens (including phenoxy) is 2. The number of rotatable bonds is 6. The zero-order valence-electron chi connectivity index (χ0n) is 15.7. The van der Waals surface area contributed by atoms with Gasteiger partial charge in [0.1, 0.15) is 6.61 Å². The normalized spacial score (nSPS) is 10.8. The molecule has 0 saturated carbocycles. The number of nitrogens with zero attached hydrogens (tertiary/aromatic N) is 4. The molecule has 0 aliphatic carbocycles. The number of hydrogen-bond donors (Lipinski definition) is 0. The minimum absolute atomic E-state index is 0.391. The molecule has 0 bridgehead atoms. The molecule has 0 N–H and O–H groups in total. The van der Waals surface area contributed by atoms with Crippen LogP contribution in [-0.4, -0.2) is 27.4 Å². The maximum absolute atomic E-state index is 6.00. The van der Waals surface area contributed by atoms with Gasteiger partial charge >= 0.3 is 0 Å². The molecular formula is C20H18N4O4. The molecule has 0 spiro atoms. The molecule has 0 aliphatic rings. The summed E-state index contributed by atoms with van der Waals surface area (Å²) in [6, 6.07) is 13.5. The summed E-state index contributed by atoms with van der Waals surface area (Å²) in [4.78, 5) is 8.64. The fourth-order valence-corrected chi connectivity index (χ4v) is 2.75. The quantitative estimate of drug-likeness (QED) is 0.497. The lowest BCUT2D eigenvalue weighted by Crippen LogP contribution is -2.00. The Morgan fingerprint density at radius 3 is 1.89 bits per heavy atom. The van der Waals surface area contributed by atoms with Crippen molar-refractivity contribution in [2.24, 2.45) is 0 Å². The lowest BCUT2D eigenvalue weighted by atomic mass is 10.0. The molecule has 0 fully saturated rings. The molecule has 0 saturated heterocycles. The van der Waals surface area contributed by atoms with Crippen molar-refractivity contribution in [2.75, 3.05) is 7.11 Å². The monoisotopic (exact) mass is 378 g/mol. The van der Waals surface area contributed by atoms with Crippen LogP contribution in [0.2, 0.25) is 0 Å². The summed E-state index contributed by atoms with van der Waals surface area (Å²) < 4.78 is 21.8. The highest BCUT2D eigenvalue weighted by molar-refractivity contribution is 5.80. The van der Waals surface area contributed by atoms with Gasteiger partial charge in [-0.05, 0) is 17.7 Å². The van der Waals surface area contributed by atoms with Crippen LogP contribution >= 0.6 is 0 Å². The second-order valence-electron chi connectivity index (χ2n) is 6.10. The number of benzene rings is 2. The van der Waals surface area contributed by atoms with Crippen molar-refractivity contribution < 1.29 is 18.5 Å². The predicted molar refractivity (Wildman–Crippen MR) is 99.8 cm³/mol. The second kappa shape index (κ2) is 7.51. The topological polar surface area (TPSA) is 96.3 Å². The van der Waals surface area contributed by atoms with E-state index >= 15 is 0 Å². The Hall–Kier alpha value is -3.68. The minimum Gasteiger partial charge on any atom is -0.493 e. The Bertz CT molecular complexity index is 1090. The van der Waals surface area contributed by atoms with Crippen LogP contribution in [0.3, 0.4) is 0 Å². The molecule has 0 atom stereocenters. The number of methoxy groups -OCH3 is 1. The van der Waals surface area contributed by atoms with Crippen LogP contribution in [0.15, 0.2) is 51.5 Å². The Kier molecular flexibility index (Phi) is 4.76. The molecular weight excluding hydrogens is 360 g/mol. The third-order valence-corrected chi connectivity index (χ3v) is 4.08. The van der Waals surface area contributed by atoms with Crippen LogP contribution in [0.4, 0.5) is 0 Å². The summed E-state index contributed by atoms with van der Waals surface area (Å²) in [5, 5.41) is 8.03. The van der Waals surface area contributed by atoms with Crippen molar-refractivity contribution in [1.29, 1.82) is 0 Å². The SMILES string of the molecule is COc1cc(-c2noc(C)n2)c(-c2noc(C)n2)cc1OCc1ccccc1. The molecule has 8 heteroatoms. The molecule has 4 rings (SSSR count). The van der Waals surface area contributed by atoms with Gasteiger partial charge in [0.15, 0.2) is 11.5 Å². The van der Waals surface area contributed by atoms with E-state index in [0.29, 0.717) is 52.7 Å². The predicted octanol–water partition coefficient (Wildman–Crippen LogP) is 3.99. The fourth-order valence-electron chi connectivity index (χ4n) is 2.75. The molecule has 4 aromatic rings. The summed E-state index contributed by atoms with van der Waals surface area (Å²) in [5.74, 6) is 2.80. The first-order valence-corrected chi connectivity index (χ1v) is 8.64. The Balaban J connectivity index is 1.78. The summed E-state index contributed by atoms with van der Waals surface area (Å²) >= 11 is 0. The van der Waals surface area contributed by atoms with Gasteiger partial charge in [0.2, 0.25) is 23.4 Å². The van der Waals surface area contributed by atoms with Crippen molar-refractivity contribution in [3.63, 3.8) is 0 Å². The van der Waals surface area contributed by atoms with E-state index in [4.69, 9.17) is 18.5 Å². The van der Waals surface area contributed by atoms with E-state index in [2.05, 4.69) is 20.3 Å². The average Bonchev–Trinajstić information content (AvgIpc) is 3.34. The first kappa shape index (κ1) is 17.7. The van der Waals surface area contributed by atoms with Crippen molar-refractivity contribution in [3.8, 4) is 34.3 Å². The van der Waals surface area contributed by atoms with Gasteiger partial charge < -0.3 is 18.5 Å². The van der Waals surface area contributed by atoms with E-state index in [0.717, 1.165) is 5.56 Å². The zero-order valence-corrected chi connectivity index (χ0v) is 15.7. The Morgan fingerprint density at radius 2 is 1.39 bits per heavy atom. The van der Waals surface area contributed by atoms with Gasteiger partial charge in [0.05, 0.1) is 7.11 Å². The molecule has 142 valence electrons. The second-order valence-corrected chi connectivity index (χ2v) is 6.10. The number of aromatic nitrogens is 4. The maximum Gasteiger partial charge on any atom is 0.223 e. The molecule has 2 aromatic heterocycles. The van der Waals surface area contributed by atoms with Crippen LogP contribution < -0.4 is 9.47 Å². The lowest BCUT2D eigenvalue weighted by molar-refractivity contribution is 0.284. The molecule has 0 radical (unpaired) electrons. The highest BCUT2D eigenvalue weighted by atomic mass is 16.5. The van der Waals surface area contributed by atoms with Gasteiger partial charge in [0.25, 0.3) is 0 Å². The molecule has 0 aliphatic heterocycles. The van der Waals surface area contributed by atoms with Gasteiger partial charge in [-0.15, -0.1) is 0 Å². The van der Waals surface area contributed by atoms with E-state index in [9.17, 15) is 0 Å². The summed E-state index contributed by atoms with van der Waals surface area (Å²) in [6.45, 7) is 3.84. The van der Waals surface area contributed by atoms with Crippen molar-refractivity contribution in [1.82, 2.24) is 20.3 Å². The summed E-state index contributed by atoms with van der Waals surface area (Å²) in [6.07, 6.45) is 0. The van der Waals surface area contributed by atoms with E-state index in [1.165, 1.54) is 0 Å². The van der Waals surface area contributed by atoms with Gasteiger partial charge in [-0.1, -0.05) is 40.6 Å². The molecule has 28 heavy (non-hydrogen) atoms. The molecule has 0 unspecified atom stereocenters. The number of hydrogen-bond acceptors (Lipinski definition) is 8. The molecule has 8 nitrogen and oxygen atoms in total. The lowest BCUT2D eigenvalue weighted by Gasteiger charge is -2.14. The van der Waals surface area contributed by atoms with Crippen LogP contribution in [0, 0.1) is 13.8 Å². The van der Waals surface area contributed by atoms with Crippen LogP contribution in [0.5, 0.6) is 11.5 Å².